The molecule has 0 aliphatic carbocycles. The molecular formula is C17H16N2O5. The van der Waals surface area contributed by atoms with E-state index in [-0.39, 0.29) is 29.8 Å². The maximum atomic E-state index is 12.2. The molecule has 1 heterocycles. The van der Waals surface area contributed by atoms with Gasteiger partial charge in [-0.15, -0.1) is 0 Å². The van der Waals surface area contributed by atoms with Gasteiger partial charge in [-0.25, -0.2) is 0 Å². The van der Waals surface area contributed by atoms with Crippen molar-refractivity contribution in [2.45, 2.75) is 13.0 Å². The predicted octanol–water partition coefficient (Wildman–Crippen LogP) is 2.47. The molecule has 24 heavy (non-hydrogen) atoms. The van der Waals surface area contributed by atoms with Crippen LogP contribution in [0.1, 0.15) is 15.9 Å². The number of ether oxygens (including phenoxy) is 2. The average molecular weight is 328 g/mol. The molecule has 0 saturated carbocycles. The van der Waals surface area contributed by atoms with Gasteiger partial charge in [0, 0.05) is 17.2 Å². The molecule has 0 fully saturated rings. The van der Waals surface area contributed by atoms with Crippen molar-refractivity contribution >= 4 is 11.6 Å². The summed E-state index contributed by atoms with van der Waals surface area (Å²) >= 11 is 0. The summed E-state index contributed by atoms with van der Waals surface area (Å²) < 4.78 is 11.3. The summed E-state index contributed by atoms with van der Waals surface area (Å²) in [6, 6.07) is 11.7. The number of nitrogens with zero attached hydrogens (tertiary/aromatic N) is 1. The van der Waals surface area contributed by atoms with E-state index < -0.39 is 4.92 Å². The molecule has 0 aromatic heterocycles. The molecule has 1 atom stereocenters. The number of nitro groups is 1. The van der Waals surface area contributed by atoms with Crippen molar-refractivity contribution in [3.8, 4) is 11.5 Å². The molecule has 1 amide bonds. The summed E-state index contributed by atoms with van der Waals surface area (Å²) in [7, 11) is 0. The van der Waals surface area contributed by atoms with Gasteiger partial charge >= 0.3 is 0 Å². The second-order valence-corrected chi connectivity index (χ2v) is 5.47. The number of amides is 1. The smallest absolute Gasteiger partial charge is 0.273 e. The van der Waals surface area contributed by atoms with Crippen molar-refractivity contribution in [2.75, 3.05) is 13.2 Å². The third-order valence-corrected chi connectivity index (χ3v) is 3.73. The van der Waals surface area contributed by atoms with Crippen molar-refractivity contribution in [3.05, 3.63) is 63.7 Å². The van der Waals surface area contributed by atoms with E-state index in [2.05, 4.69) is 5.32 Å². The fourth-order valence-corrected chi connectivity index (χ4v) is 2.42. The van der Waals surface area contributed by atoms with E-state index in [1.165, 1.54) is 6.07 Å². The molecule has 7 nitrogen and oxygen atoms in total. The zero-order valence-electron chi connectivity index (χ0n) is 13.0. The lowest BCUT2D eigenvalue weighted by Gasteiger charge is -2.26. The quantitative estimate of drug-likeness (QED) is 0.688. The number of para-hydroxylation sites is 2. The number of fused-ring (bicyclic) bond motifs is 1. The van der Waals surface area contributed by atoms with E-state index in [1.54, 1.807) is 25.1 Å². The standard InChI is InChI=1S/C17H16N2O5/c1-11-6-7-12(8-14(11)19(21)22)17(20)18-9-13-10-23-15-4-2-3-5-16(15)24-13/h2-8,13H,9-10H2,1H3,(H,18,20)/t13-/m0/s1. The summed E-state index contributed by atoms with van der Waals surface area (Å²) in [6.07, 6.45) is -0.315. The molecule has 0 unspecified atom stereocenters. The second-order valence-electron chi connectivity index (χ2n) is 5.47. The molecule has 0 radical (unpaired) electrons. The van der Waals surface area contributed by atoms with Gasteiger partial charge in [-0.3, -0.25) is 14.9 Å². The number of hydrogen-bond acceptors (Lipinski definition) is 5. The van der Waals surface area contributed by atoms with Gasteiger partial charge in [-0.1, -0.05) is 18.2 Å². The molecule has 0 bridgehead atoms. The highest BCUT2D eigenvalue weighted by Gasteiger charge is 2.22. The molecule has 1 aliphatic rings. The number of nitro benzene ring substituents is 1. The van der Waals surface area contributed by atoms with Crippen LogP contribution < -0.4 is 14.8 Å². The lowest BCUT2D eigenvalue weighted by atomic mass is 10.1. The van der Waals surface area contributed by atoms with Gasteiger partial charge in [0.25, 0.3) is 11.6 Å². The monoisotopic (exact) mass is 328 g/mol. The molecule has 2 aromatic carbocycles. The number of nitrogens with one attached hydrogen (secondary N) is 1. The molecule has 2 aromatic rings. The molecule has 3 rings (SSSR count). The van der Waals surface area contributed by atoms with Crippen LogP contribution in [0.2, 0.25) is 0 Å². The third kappa shape index (κ3) is 3.29. The number of benzene rings is 2. The van der Waals surface area contributed by atoms with E-state index in [0.717, 1.165) is 0 Å². The van der Waals surface area contributed by atoms with E-state index >= 15 is 0 Å². The Balaban J connectivity index is 1.62. The van der Waals surface area contributed by atoms with Crippen molar-refractivity contribution in [3.63, 3.8) is 0 Å². The van der Waals surface area contributed by atoms with Gasteiger partial charge in [-0.2, -0.15) is 0 Å². The number of carbonyl (C=O) groups excluding carboxylic acids is 1. The first-order chi connectivity index (χ1) is 11.5. The Morgan fingerprint density at radius 3 is 2.79 bits per heavy atom. The summed E-state index contributed by atoms with van der Waals surface area (Å²) in [4.78, 5) is 22.6. The number of carbonyl (C=O) groups is 1. The normalized spacial score (nSPS) is 15.6. The Bertz CT molecular complexity index is 790. The van der Waals surface area contributed by atoms with Gasteiger partial charge in [0.05, 0.1) is 11.5 Å². The Labute approximate surface area is 138 Å². The van der Waals surface area contributed by atoms with Crippen LogP contribution in [-0.4, -0.2) is 30.1 Å². The highest BCUT2D eigenvalue weighted by Crippen LogP contribution is 2.30. The lowest BCUT2D eigenvalue weighted by molar-refractivity contribution is -0.385. The van der Waals surface area contributed by atoms with Crippen molar-refractivity contribution in [1.29, 1.82) is 0 Å². The molecular weight excluding hydrogens is 312 g/mol. The first kappa shape index (κ1) is 15.8. The van der Waals surface area contributed by atoms with Gasteiger partial charge in [-0.05, 0) is 25.1 Å². The van der Waals surface area contributed by atoms with Crippen LogP contribution in [0, 0.1) is 17.0 Å². The van der Waals surface area contributed by atoms with Crippen LogP contribution in [0.3, 0.4) is 0 Å². The fraction of sp³-hybridized carbons (Fsp3) is 0.235. The minimum atomic E-state index is -0.499. The second kappa shape index (κ2) is 6.57. The van der Waals surface area contributed by atoms with Gasteiger partial charge in [0.1, 0.15) is 12.7 Å². The first-order valence-electron chi connectivity index (χ1n) is 7.46. The zero-order valence-corrected chi connectivity index (χ0v) is 13.0. The number of aryl methyl sites for hydroxylation is 1. The highest BCUT2D eigenvalue weighted by atomic mass is 16.6. The van der Waals surface area contributed by atoms with Gasteiger partial charge in [0.2, 0.25) is 0 Å². The van der Waals surface area contributed by atoms with Crippen molar-refractivity contribution < 1.29 is 19.2 Å². The zero-order chi connectivity index (χ0) is 17.1. The largest absolute Gasteiger partial charge is 0.486 e. The maximum Gasteiger partial charge on any atom is 0.273 e. The predicted molar refractivity (Wildman–Crippen MR) is 86.5 cm³/mol. The molecule has 0 spiro atoms. The summed E-state index contributed by atoms with van der Waals surface area (Å²) in [5, 5.41) is 13.7. The molecule has 0 saturated heterocycles. The Hall–Kier alpha value is -3.09. The lowest BCUT2D eigenvalue weighted by Crippen LogP contribution is -2.40. The Morgan fingerprint density at radius 1 is 1.29 bits per heavy atom. The van der Waals surface area contributed by atoms with Crippen LogP contribution in [0.25, 0.3) is 0 Å². The van der Waals surface area contributed by atoms with Crippen LogP contribution in [-0.2, 0) is 0 Å². The van der Waals surface area contributed by atoms with E-state index in [1.807, 2.05) is 18.2 Å². The van der Waals surface area contributed by atoms with Crippen molar-refractivity contribution in [1.82, 2.24) is 5.32 Å². The van der Waals surface area contributed by atoms with Crippen LogP contribution in [0.5, 0.6) is 11.5 Å². The molecule has 1 aliphatic heterocycles. The van der Waals surface area contributed by atoms with Crippen molar-refractivity contribution in [2.24, 2.45) is 0 Å². The topological polar surface area (TPSA) is 90.7 Å². The molecule has 7 heteroatoms. The SMILES string of the molecule is Cc1ccc(C(=O)NC[C@H]2COc3ccccc3O2)cc1[N+](=O)[O-]. The average Bonchev–Trinajstić information content (AvgIpc) is 2.59. The summed E-state index contributed by atoms with van der Waals surface area (Å²) in [5.41, 5.74) is 0.676. The molecule has 124 valence electrons. The Morgan fingerprint density at radius 2 is 2.04 bits per heavy atom. The van der Waals surface area contributed by atoms with E-state index in [9.17, 15) is 14.9 Å². The fourth-order valence-electron chi connectivity index (χ4n) is 2.42. The van der Waals surface area contributed by atoms with Gasteiger partial charge < -0.3 is 14.8 Å². The number of rotatable bonds is 4. The van der Waals surface area contributed by atoms with Crippen LogP contribution >= 0.6 is 0 Å². The maximum absolute atomic E-state index is 12.2. The van der Waals surface area contributed by atoms with Crippen LogP contribution in [0.15, 0.2) is 42.5 Å². The molecule has 1 N–H and O–H groups in total. The van der Waals surface area contributed by atoms with E-state index in [0.29, 0.717) is 23.7 Å². The minimum absolute atomic E-state index is 0.0752. The number of hydrogen-bond donors (Lipinski definition) is 1. The van der Waals surface area contributed by atoms with E-state index in [4.69, 9.17) is 9.47 Å². The van der Waals surface area contributed by atoms with Crippen LogP contribution in [0.4, 0.5) is 5.69 Å². The Kier molecular flexibility index (Phi) is 4.33. The highest BCUT2D eigenvalue weighted by molar-refractivity contribution is 5.95. The van der Waals surface area contributed by atoms with Gasteiger partial charge in [0.15, 0.2) is 11.5 Å². The first-order valence-corrected chi connectivity index (χ1v) is 7.46. The summed E-state index contributed by atoms with van der Waals surface area (Å²) in [5.74, 6) is 0.920. The third-order valence-electron chi connectivity index (χ3n) is 3.73. The summed E-state index contributed by atoms with van der Waals surface area (Å²) in [6.45, 7) is 2.20. The minimum Gasteiger partial charge on any atom is -0.486 e.